The molecule has 1 saturated heterocycles. The van der Waals surface area contributed by atoms with Crippen molar-refractivity contribution in [2.24, 2.45) is 34.2 Å². The van der Waals surface area contributed by atoms with Gasteiger partial charge in [0.05, 0.1) is 17.0 Å². The fourth-order valence-corrected chi connectivity index (χ4v) is 11.4. The van der Waals surface area contributed by atoms with Gasteiger partial charge in [-0.1, -0.05) is 73.2 Å². The molecular formula is C45H53N3O8S. The average molecular weight is 796 g/mol. The number of phenolic OH excluding ortho intramolecular Hbond substituents is 1. The number of aliphatic hydroxyl groups excluding tert-OH is 1. The Kier molecular flexibility index (Phi) is 10.9. The van der Waals surface area contributed by atoms with Gasteiger partial charge in [0.15, 0.2) is 5.96 Å². The van der Waals surface area contributed by atoms with Crippen LogP contribution in [-0.4, -0.2) is 57.8 Å². The molecule has 11 rings (SSSR count). The first-order valence-corrected chi connectivity index (χ1v) is 21.8. The van der Waals surface area contributed by atoms with E-state index in [1.54, 1.807) is 12.1 Å². The van der Waals surface area contributed by atoms with E-state index in [1.807, 2.05) is 60.7 Å². The number of fused-ring (bicyclic) bond motifs is 7. The summed E-state index contributed by atoms with van der Waals surface area (Å²) in [6.07, 6.45) is 7.96. The van der Waals surface area contributed by atoms with E-state index >= 15 is 0 Å². The van der Waals surface area contributed by atoms with E-state index in [0.29, 0.717) is 74.7 Å². The highest BCUT2D eigenvalue weighted by Crippen LogP contribution is 2.53. The maximum Gasteiger partial charge on any atom is 0.268 e. The van der Waals surface area contributed by atoms with Crippen molar-refractivity contribution in [3.05, 3.63) is 106 Å². The molecule has 6 heterocycles. The Labute approximate surface area is 334 Å². The van der Waals surface area contributed by atoms with Gasteiger partial charge in [0, 0.05) is 42.1 Å². The van der Waals surface area contributed by atoms with Crippen LogP contribution in [0.2, 0.25) is 0 Å². The number of guanidine groups is 1. The number of hydrogen-bond acceptors (Lipinski definition) is 8. The molecular weight excluding hydrogens is 743 g/mol. The zero-order valence-corrected chi connectivity index (χ0v) is 32.9. The lowest BCUT2D eigenvalue weighted by Crippen LogP contribution is -2.39. The summed E-state index contributed by atoms with van der Waals surface area (Å²) in [5.74, 6) is 5.68. The van der Waals surface area contributed by atoms with E-state index < -0.39 is 38.7 Å². The maximum absolute atomic E-state index is 13.6. The van der Waals surface area contributed by atoms with E-state index in [2.05, 4.69) is 11.8 Å². The number of aryl methyl sites for hydroxylation is 1. The Morgan fingerprint density at radius 1 is 0.982 bits per heavy atom. The van der Waals surface area contributed by atoms with Gasteiger partial charge < -0.3 is 36.3 Å². The van der Waals surface area contributed by atoms with Gasteiger partial charge in [-0.2, -0.15) is 8.42 Å². The van der Waals surface area contributed by atoms with Crippen LogP contribution in [0.5, 0.6) is 11.5 Å². The molecule has 1 saturated carbocycles. The number of ether oxygens (including phenoxy) is 2. The predicted octanol–water partition coefficient (Wildman–Crippen LogP) is 6.12. The predicted molar refractivity (Wildman–Crippen MR) is 217 cm³/mol. The second-order valence-electron chi connectivity index (χ2n) is 17.0. The molecule has 11 nitrogen and oxygen atoms in total. The standard InChI is InChI=1S/C45H53N3O8S/c46-43(47)48-45(21-20-44(51)18-1-2-19-44)34-11-9-30(10-12-34)41-32-23-33(26-39(41)40(57(52,53)54)17-8-28-6-14-36(56-45)15-7-28)42-38-16-13-35(50)24-31(38)5-3-4-29(27-49)22-37(25-32)55-42/h6-7,9-16,24,26,29,32,37,39-42,49-51H,1-2,4,8,17-23,25,27H2,(H4,46,47,48)(H,52,53,54). The van der Waals surface area contributed by atoms with Crippen molar-refractivity contribution in [3.63, 3.8) is 0 Å². The minimum atomic E-state index is -4.57. The molecule has 0 amide bonds. The van der Waals surface area contributed by atoms with E-state index in [0.717, 1.165) is 35.1 Å². The number of nitrogens with zero attached hydrogens (tertiary/aromatic N) is 1. The van der Waals surface area contributed by atoms with Gasteiger partial charge in [-0.05, 0) is 110 Å². The normalized spacial score (nSPS) is 30.4. The minimum Gasteiger partial charge on any atom is -0.508 e. The van der Waals surface area contributed by atoms with E-state index in [9.17, 15) is 28.3 Å². The summed E-state index contributed by atoms with van der Waals surface area (Å²) in [7, 11) is -4.57. The van der Waals surface area contributed by atoms with Crippen LogP contribution < -0.4 is 16.2 Å². The van der Waals surface area contributed by atoms with E-state index in [-0.39, 0.29) is 48.6 Å². The molecule has 0 radical (unpaired) electrons. The number of benzene rings is 3. The topological polar surface area (TPSA) is 198 Å². The van der Waals surface area contributed by atoms with Crippen molar-refractivity contribution in [1.82, 2.24) is 0 Å². The van der Waals surface area contributed by atoms with Crippen molar-refractivity contribution in [2.75, 3.05) is 6.61 Å². The number of nitrogens with two attached hydrogens (primary N) is 2. The summed E-state index contributed by atoms with van der Waals surface area (Å²) < 4.78 is 52.1. The SMILES string of the molecule is NC(N)=NC1(CCC2(O)CCCC2)Oc2ccc(cc2)CCC(S(=O)(=O)O)C2C=C3CC(CC4CC(CO)CC#Cc5cc(O)ccc5C3O4)C2c2ccc1cc2. The zero-order chi connectivity index (χ0) is 40.0. The molecule has 302 valence electrons. The Morgan fingerprint density at radius 3 is 2.44 bits per heavy atom. The van der Waals surface area contributed by atoms with Gasteiger partial charge in [-0.3, -0.25) is 4.55 Å². The number of aromatic hydroxyl groups is 1. The molecule has 2 fully saturated rings. The third kappa shape index (κ3) is 8.32. The molecule has 6 aliphatic heterocycles. The summed E-state index contributed by atoms with van der Waals surface area (Å²) in [6.45, 7) is -0.0598. The highest BCUT2D eigenvalue weighted by atomic mass is 32.2. The lowest BCUT2D eigenvalue weighted by molar-refractivity contribution is -0.0131. The smallest absolute Gasteiger partial charge is 0.268 e. The minimum absolute atomic E-state index is 0.0598. The van der Waals surface area contributed by atoms with Crippen LogP contribution >= 0.6 is 0 Å². The summed E-state index contributed by atoms with van der Waals surface area (Å²) in [6, 6.07) is 20.4. The van der Waals surface area contributed by atoms with Gasteiger partial charge in [0.2, 0.25) is 5.72 Å². The van der Waals surface area contributed by atoms with Crippen molar-refractivity contribution in [1.29, 1.82) is 0 Å². The lowest BCUT2D eigenvalue weighted by Gasteiger charge is -2.40. The lowest BCUT2D eigenvalue weighted by atomic mass is 9.65. The molecule has 12 heteroatoms. The van der Waals surface area contributed by atoms with Gasteiger partial charge in [-0.25, -0.2) is 4.99 Å². The van der Waals surface area contributed by atoms with Crippen LogP contribution in [0.1, 0.15) is 110 Å². The zero-order valence-electron chi connectivity index (χ0n) is 32.1. The van der Waals surface area contributed by atoms with Crippen LogP contribution in [0.4, 0.5) is 0 Å². The number of aliphatic hydroxyl groups is 2. The second kappa shape index (κ2) is 15.8. The largest absolute Gasteiger partial charge is 0.508 e. The van der Waals surface area contributed by atoms with Crippen molar-refractivity contribution in [3.8, 4) is 23.3 Å². The molecule has 8 unspecified atom stereocenters. The van der Waals surface area contributed by atoms with Gasteiger partial charge in [0.25, 0.3) is 10.1 Å². The number of phenols is 1. The van der Waals surface area contributed by atoms with Crippen LogP contribution in [0, 0.1) is 29.6 Å². The molecule has 3 aromatic rings. The van der Waals surface area contributed by atoms with Gasteiger partial charge in [-0.15, -0.1) is 0 Å². The Balaban J connectivity index is 1.29. The molecule has 8 atom stereocenters. The third-order valence-corrected chi connectivity index (χ3v) is 14.4. The fourth-order valence-electron chi connectivity index (χ4n) is 10.3. The van der Waals surface area contributed by atoms with Crippen LogP contribution in [0.15, 0.2) is 83.4 Å². The van der Waals surface area contributed by atoms with Crippen molar-refractivity contribution in [2.45, 2.75) is 112 Å². The summed E-state index contributed by atoms with van der Waals surface area (Å²) in [5, 5.41) is 31.2. The number of rotatable bonds is 6. The van der Waals surface area contributed by atoms with Crippen LogP contribution in [0.25, 0.3) is 0 Å². The van der Waals surface area contributed by atoms with Crippen LogP contribution in [0.3, 0.4) is 0 Å². The monoisotopic (exact) mass is 795 g/mol. The molecule has 8 N–H and O–H groups in total. The molecule has 57 heavy (non-hydrogen) atoms. The Bertz CT molecular complexity index is 2190. The molecule has 8 bridgehead atoms. The fraction of sp³-hybridized carbons (Fsp3) is 0.489. The first-order valence-electron chi connectivity index (χ1n) is 20.3. The van der Waals surface area contributed by atoms with E-state index in [1.165, 1.54) is 0 Å². The number of aliphatic imine (C=N–C) groups is 1. The van der Waals surface area contributed by atoms with E-state index in [4.69, 9.17) is 25.9 Å². The molecule has 3 aromatic carbocycles. The van der Waals surface area contributed by atoms with Crippen molar-refractivity contribution >= 4 is 16.1 Å². The second-order valence-corrected chi connectivity index (χ2v) is 18.6. The third-order valence-electron chi connectivity index (χ3n) is 13.1. The highest BCUT2D eigenvalue weighted by molar-refractivity contribution is 7.86. The Hall–Kier alpha value is -4.38. The average Bonchev–Trinajstić information content (AvgIpc) is 3.56. The molecule has 0 spiro atoms. The van der Waals surface area contributed by atoms with Crippen LogP contribution in [-0.2, 0) is 27.0 Å². The first kappa shape index (κ1) is 39.4. The summed E-state index contributed by atoms with van der Waals surface area (Å²) >= 11 is 0. The molecule has 8 aliphatic rings. The Morgan fingerprint density at radius 2 is 1.74 bits per heavy atom. The van der Waals surface area contributed by atoms with Gasteiger partial charge in [0.1, 0.15) is 17.6 Å². The van der Waals surface area contributed by atoms with Crippen molar-refractivity contribution < 1.29 is 37.8 Å². The molecule has 2 aliphatic carbocycles. The number of hydrogen-bond donors (Lipinski definition) is 6. The summed E-state index contributed by atoms with van der Waals surface area (Å²) in [4.78, 5) is 4.75. The quantitative estimate of drug-likeness (QED) is 0.0556. The first-order chi connectivity index (χ1) is 27.3. The molecule has 0 aromatic heterocycles. The maximum atomic E-state index is 13.6. The summed E-state index contributed by atoms with van der Waals surface area (Å²) in [5.41, 5.74) is 14.8. The highest BCUT2D eigenvalue weighted by Gasteiger charge is 2.48. The number of allylic oxidation sites excluding steroid dienone is 1. The van der Waals surface area contributed by atoms with Gasteiger partial charge >= 0.3 is 0 Å².